The molecule has 0 saturated heterocycles. The number of amides is 1. The number of carbonyl (C=O) groups is 1. The zero-order valence-electron chi connectivity index (χ0n) is 14.0. The van der Waals surface area contributed by atoms with Gasteiger partial charge in [-0.05, 0) is 41.8 Å². The normalized spacial score (nSPS) is 11.1. The molecule has 3 aromatic rings. The first-order valence-corrected chi connectivity index (χ1v) is 8.05. The highest BCUT2D eigenvalue weighted by atomic mass is 16.5. The zero-order chi connectivity index (χ0) is 17.6. The quantitative estimate of drug-likeness (QED) is 0.605. The van der Waals surface area contributed by atoms with Gasteiger partial charge in [0.2, 0.25) is 5.91 Å². The number of phenols is 1. The number of fused-ring (bicyclic) bond motifs is 1. The number of benzene rings is 2. The molecule has 0 radical (unpaired) electrons. The number of para-hydroxylation sites is 1. The Morgan fingerprint density at radius 2 is 2.12 bits per heavy atom. The van der Waals surface area contributed by atoms with Crippen molar-refractivity contribution in [2.45, 2.75) is 6.42 Å². The van der Waals surface area contributed by atoms with Crippen molar-refractivity contribution < 1.29 is 14.6 Å². The van der Waals surface area contributed by atoms with Crippen LogP contribution in [0.2, 0.25) is 0 Å². The molecule has 5 heteroatoms. The van der Waals surface area contributed by atoms with Gasteiger partial charge in [0.15, 0.2) is 11.5 Å². The lowest BCUT2D eigenvalue weighted by molar-refractivity contribution is -0.116. The minimum absolute atomic E-state index is 0.0721. The molecule has 0 aliphatic rings. The van der Waals surface area contributed by atoms with Crippen LogP contribution in [0.3, 0.4) is 0 Å². The van der Waals surface area contributed by atoms with E-state index in [1.807, 2.05) is 24.4 Å². The second-order valence-electron chi connectivity index (χ2n) is 5.67. The van der Waals surface area contributed by atoms with Gasteiger partial charge in [-0.3, -0.25) is 4.79 Å². The summed E-state index contributed by atoms with van der Waals surface area (Å²) in [5.74, 6) is 0.289. The minimum Gasteiger partial charge on any atom is -0.504 e. The minimum atomic E-state index is -0.160. The van der Waals surface area contributed by atoms with Crippen LogP contribution in [-0.4, -0.2) is 29.7 Å². The van der Waals surface area contributed by atoms with Crippen LogP contribution in [0, 0.1) is 0 Å². The van der Waals surface area contributed by atoms with E-state index in [9.17, 15) is 9.90 Å². The molecule has 0 saturated carbocycles. The predicted octanol–water partition coefficient (Wildman–Crippen LogP) is 3.25. The van der Waals surface area contributed by atoms with Gasteiger partial charge in [0.05, 0.1) is 7.11 Å². The molecular weight excluding hydrogens is 316 g/mol. The van der Waals surface area contributed by atoms with E-state index in [1.165, 1.54) is 30.2 Å². The highest BCUT2D eigenvalue weighted by molar-refractivity contribution is 5.91. The molecule has 0 spiro atoms. The Morgan fingerprint density at radius 1 is 1.28 bits per heavy atom. The maximum absolute atomic E-state index is 11.9. The van der Waals surface area contributed by atoms with Crippen molar-refractivity contribution in [1.82, 2.24) is 10.3 Å². The number of rotatable bonds is 6. The number of carbonyl (C=O) groups excluding carboxylic acids is 1. The molecule has 3 rings (SSSR count). The number of phenolic OH excluding ortho intramolecular Hbond substituents is 1. The van der Waals surface area contributed by atoms with E-state index in [0.29, 0.717) is 12.3 Å². The molecule has 1 aromatic heterocycles. The summed E-state index contributed by atoms with van der Waals surface area (Å²) in [6.45, 7) is 0.559. The summed E-state index contributed by atoms with van der Waals surface area (Å²) >= 11 is 0. The number of ether oxygens (including phenoxy) is 1. The van der Waals surface area contributed by atoms with Crippen LogP contribution in [0.25, 0.3) is 17.0 Å². The van der Waals surface area contributed by atoms with Crippen molar-refractivity contribution in [3.63, 3.8) is 0 Å². The zero-order valence-corrected chi connectivity index (χ0v) is 14.0. The van der Waals surface area contributed by atoms with Gasteiger partial charge in [-0.2, -0.15) is 0 Å². The Labute approximate surface area is 145 Å². The smallest absolute Gasteiger partial charge is 0.244 e. The molecule has 0 atom stereocenters. The molecule has 0 aliphatic carbocycles. The third kappa shape index (κ3) is 4.01. The van der Waals surface area contributed by atoms with Crippen LogP contribution in [0.15, 0.2) is 54.7 Å². The molecule has 2 aromatic carbocycles. The number of nitrogens with one attached hydrogen (secondary N) is 2. The second-order valence-corrected chi connectivity index (χ2v) is 5.67. The fourth-order valence-electron chi connectivity index (χ4n) is 2.69. The van der Waals surface area contributed by atoms with Gasteiger partial charge in [-0.1, -0.05) is 24.3 Å². The molecule has 0 fully saturated rings. The summed E-state index contributed by atoms with van der Waals surface area (Å²) < 4.78 is 5.05. The van der Waals surface area contributed by atoms with Crippen LogP contribution < -0.4 is 10.1 Å². The van der Waals surface area contributed by atoms with Crippen molar-refractivity contribution in [3.05, 3.63) is 65.9 Å². The number of hydrogen-bond donors (Lipinski definition) is 3. The van der Waals surface area contributed by atoms with Gasteiger partial charge >= 0.3 is 0 Å². The van der Waals surface area contributed by atoms with E-state index in [-0.39, 0.29) is 11.7 Å². The van der Waals surface area contributed by atoms with Gasteiger partial charge < -0.3 is 20.1 Å². The Morgan fingerprint density at radius 3 is 2.96 bits per heavy atom. The molecule has 1 heterocycles. The lowest BCUT2D eigenvalue weighted by Crippen LogP contribution is -2.23. The third-order valence-electron chi connectivity index (χ3n) is 4.00. The third-order valence-corrected chi connectivity index (χ3v) is 4.00. The van der Waals surface area contributed by atoms with Gasteiger partial charge in [-0.15, -0.1) is 0 Å². The maximum Gasteiger partial charge on any atom is 0.244 e. The predicted molar refractivity (Wildman–Crippen MR) is 98.7 cm³/mol. The molecule has 1 amide bonds. The number of aromatic amines is 1. The molecule has 0 bridgehead atoms. The standard InChI is InChI=1S/C20H20N2O3/c1-25-19-12-14(6-8-18(19)23)7-9-20(24)21-11-10-15-13-22-17-5-3-2-4-16(15)17/h2-9,12-13,22-23H,10-11H2,1H3,(H,21,24)/b9-7+. The summed E-state index contributed by atoms with van der Waals surface area (Å²) in [5, 5.41) is 13.6. The topological polar surface area (TPSA) is 74.3 Å². The van der Waals surface area contributed by atoms with Crippen molar-refractivity contribution in [1.29, 1.82) is 0 Å². The lowest BCUT2D eigenvalue weighted by Gasteiger charge is -2.04. The van der Waals surface area contributed by atoms with E-state index in [2.05, 4.69) is 16.4 Å². The van der Waals surface area contributed by atoms with Gasteiger partial charge in [0.25, 0.3) is 0 Å². The van der Waals surface area contributed by atoms with Crippen LogP contribution >= 0.6 is 0 Å². The Balaban J connectivity index is 1.54. The van der Waals surface area contributed by atoms with Crippen molar-refractivity contribution in [3.8, 4) is 11.5 Å². The second kappa shape index (κ2) is 7.57. The van der Waals surface area contributed by atoms with Crippen LogP contribution in [-0.2, 0) is 11.2 Å². The summed E-state index contributed by atoms with van der Waals surface area (Å²) in [5.41, 5.74) is 3.06. The van der Waals surface area contributed by atoms with Crippen LogP contribution in [0.4, 0.5) is 0 Å². The number of methoxy groups -OCH3 is 1. The molecular formula is C20H20N2O3. The van der Waals surface area contributed by atoms with Crippen molar-refractivity contribution in [2.24, 2.45) is 0 Å². The monoisotopic (exact) mass is 336 g/mol. The van der Waals surface area contributed by atoms with E-state index in [0.717, 1.165) is 17.5 Å². The molecule has 3 N–H and O–H groups in total. The number of H-pyrrole nitrogens is 1. The number of aromatic nitrogens is 1. The summed E-state index contributed by atoms with van der Waals surface area (Å²) in [6.07, 6.45) is 5.90. The van der Waals surface area contributed by atoms with Crippen LogP contribution in [0.5, 0.6) is 11.5 Å². The lowest BCUT2D eigenvalue weighted by atomic mass is 10.1. The Bertz CT molecular complexity index is 912. The van der Waals surface area contributed by atoms with Crippen molar-refractivity contribution in [2.75, 3.05) is 13.7 Å². The maximum atomic E-state index is 11.9. The average Bonchev–Trinajstić information content (AvgIpc) is 3.04. The molecule has 0 unspecified atom stereocenters. The molecule has 25 heavy (non-hydrogen) atoms. The first-order valence-electron chi connectivity index (χ1n) is 8.05. The first kappa shape index (κ1) is 16.6. The molecule has 128 valence electrons. The SMILES string of the molecule is COc1cc(/C=C/C(=O)NCCc2c[nH]c3ccccc23)ccc1O. The Kier molecular flexibility index (Phi) is 5.04. The van der Waals surface area contributed by atoms with E-state index >= 15 is 0 Å². The summed E-state index contributed by atoms with van der Waals surface area (Å²) in [7, 11) is 1.49. The van der Waals surface area contributed by atoms with Crippen LogP contribution in [0.1, 0.15) is 11.1 Å². The van der Waals surface area contributed by atoms with Gasteiger partial charge in [-0.25, -0.2) is 0 Å². The number of aromatic hydroxyl groups is 1. The summed E-state index contributed by atoms with van der Waals surface area (Å²) in [4.78, 5) is 15.2. The summed E-state index contributed by atoms with van der Waals surface area (Å²) in [6, 6.07) is 13.0. The molecule has 0 aliphatic heterocycles. The fourth-order valence-corrected chi connectivity index (χ4v) is 2.69. The first-order chi connectivity index (χ1) is 12.2. The van der Waals surface area contributed by atoms with E-state index in [1.54, 1.807) is 18.2 Å². The largest absolute Gasteiger partial charge is 0.504 e. The van der Waals surface area contributed by atoms with E-state index < -0.39 is 0 Å². The highest BCUT2D eigenvalue weighted by Gasteiger charge is 2.04. The Hall–Kier alpha value is -3.21. The van der Waals surface area contributed by atoms with Gasteiger partial charge in [0.1, 0.15) is 0 Å². The number of hydrogen-bond acceptors (Lipinski definition) is 3. The highest BCUT2D eigenvalue weighted by Crippen LogP contribution is 2.26. The van der Waals surface area contributed by atoms with Gasteiger partial charge in [0, 0.05) is 29.7 Å². The van der Waals surface area contributed by atoms with E-state index in [4.69, 9.17) is 4.74 Å². The average molecular weight is 336 g/mol. The molecule has 5 nitrogen and oxygen atoms in total. The fraction of sp³-hybridized carbons (Fsp3) is 0.150. The van der Waals surface area contributed by atoms with Crippen molar-refractivity contribution >= 4 is 22.9 Å².